The zero-order valence-electron chi connectivity index (χ0n) is 20.5. The van der Waals surface area contributed by atoms with Crippen LogP contribution in [0.15, 0.2) is 89.8 Å². The van der Waals surface area contributed by atoms with Crippen molar-refractivity contribution in [3.05, 3.63) is 102 Å². The summed E-state index contributed by atoms with van der Waals surface area (Å²) in [5.74, 6) is 0.0781. The van der Waals surface area contributed by atoms with Gasteiger partial charge in [0.1, 0.15) is 6.04 Å². The summed E-state index contributed by atoms with van der Waals surface area (Å²) in [6.45, 7) is 8.31. The number of amides is 2. The second kappa shape index (κ2) is 11.9. The van der Waals surface area contributed by atoms with Gasteiger partial charge in [-0.15, -0.1) is 11.8 Å². The Labute approximate surface area is 207 Å². The summed E-state index contributed by atoms with van der Waals surface area (Å²) in [5, 5.41) is 3.11. The lowest BCUT2D eigenvalue weighted by Crippen LogP contribution is -2.54. The number of thioether (sulfide) groups is 1. The summed E-state index contributed by atoms with van der Waals surface area (Å²) < 4.78 is 0. The number of hydrogen-bond donors (Lipinski definition) is 1. The van der Waals surface area contributed by atoms with Gasteiger partial charge in [-0.05, 0) is 56.5 Å². The predicted molar refractivity (Wildman–Crippen MR) is 141 cm³/mol. The number of nitrogens with zero attached hydrogens (tertiary/aromatic N) is 1. The maximum absolute atomic E-state index is 13.7. The van der Waals surface area contributed by atoms with Gasteiger partial charge < -0.3 is 10.2 Å². The largest absolute Gasteiger partial charge is 0.350 e. The zero-order chi connectivity index (χ0) is 24.6. The summed E-state index contributed by atoms with van der Waals surface area (Å²) in [4.78, 5) is 30.0. The van der Waals surface area contributed by atoms with Gasteiger partial charge in [0.2, 0.25) is 11.8 Å². The third kappa shape index (κ3) is 7.77. The van der Waals surface area contributed by atoms with Gasteiger partial charge in [0.15, 0.2) is 0 Å². The summed E-state index contributed by atoms with van der Waals surface area (Å²) in [6, 6.07) is 27.2. The Hall–Kier alpha value is -3.05. The highest BCUT2D eigenvalue weighted by Crippen LogP contribution is 2.22. The van der Waals surface area contributed by atoms with E-state index in [9.17, 15) is 9.59 Å². The Bertz CT molecular complexity index is 1080. The number of nitrogens with one attached hydrogen (secondary N) is 1. The maximum atomic E-state index is 13.7. The molecule has 0 heterocycles. The van der Waals surface area contributed by atoms with Crippen molar-refractivity contribution in [2.24, 2.45) is 0 Å². The molecule has 4 nitrogen and oxygen atoms in total. The van der Waals surface area contributed by atoms with E-state index >= 15 is 0 Å². The van der Waals surface area contributed by atoms with Crippen LogP contribution in [-0.4, -0.2) is 34.0 Å². The molecule has 0 aromatic heterocycles. The molecule has 0 spiro atoms. The van der Waals surface area contributed by atoms with Crippen LogP contribution in [-0.2, 0) is 22.6 Å². The van der Waals surface area contributed by atoms with E-state index in [0.29, 0.717) is 13.0 Å². The first kappa shape index (κ1) is 25.6. The fourth-order valence-corrected chi connectivity index (χ4v) is 4.53. The van der Waals surface area contributed by atoms with Crippen molar-refractivity contribution in [3.63, 3.8) is 0 Å². The molecule has 0 radical (unpaired) electrons. The van der Waals surface area contributed by atoms with Gasteiger partial charge >= 0.3 is 0 Å². The molecule has 2 amide bonds. The van der Waals surface area contributed by atoms with Gasteiger partial charge in [-0.3, -0.25) is 9.59 Å². The van der Waals surface area contributed by atoms with Crippen LogP contribution in [0.4, 0.5) is 0 Å². The number of hydrogen-bond acceptors (Lipinski definition) is 3. The fourth-order valence-electron chi connectivity index (χ4n) is 3.72. The molecule has 0 aliphatic heterocycles. The van der Waals surface area contributed by atoms with Gasteiger partial charge in [0.05, 0.1) is 5.75 Å². The lowest BCUT2D eigenvalue weighted by atomic mass is 10.00. The van der Waals surface area contributed by atoms with Crippen LogP contribution in [0.3, 0.4) is 0 Å². The molecular formula is C29H34N2O2S. The van der Waals surface area contributed by atoms with Gasteiger partial charge in [-0.25, -0.2) is 0 Å². The first-order chi connectivity index (χ1) is 16.2. The molecule has 0 bridgehead atoms. The van der Waals surface area contributed by atoms with Crippen molar-refractivity contribution < 1.29 is 9.59 Å². The average molecular weight is 475 g/mol. The van der Waals surface area contributed by atoms with E-state index in [1.54, 1.807) is 4.90 Å². The fraction of sp³-hybridized carbons (Fsp3) is 0.310. The molecule has 178 valence electrons. The predicted octanol–water partition coefficient (Wildman–Crippen LogP) is 5.64. The average Bonchev–Trinajstić information content (AvgIpc) is 2.81. The Kier molecular flexibility index (Phi) is 8.94. The third-order valence-electron chi connectivity index (χ3n) is 5.48. The lowest BCUT2D eigenvalue weighted by Gasteiger charge is -2.34. The van der Waals surface area contributed by atoms with E-state index in [1.165, 1.54) is 11.8 Å². The van der Waals surface area contributed by atoms with Crippen molar-refractivity contribution in [3.8, 4) is 0 Å². The number of rotatable bonds is 9. The summed E-state index contributed by atoms with van der Waals surface area (Å²) in [5.41, 5.74) is 2.77. The summed E-state index contributed by atoms with van der Waals surface area (Å²) in [6.07, 6.45) is 0.455. The van der Waals surface area contributed by atoms with Crippen LogP contribution >= 0.6 is 11.8 Å². The van der Waals surface area contributed by atoms with E-state index in [4.69, 9.17) is 0 Å². The number of aryl methyl sites for hydroxylation is 1. The molecule has 0 aliphatic rings. The van der Waals surface area contributed by atoms with Crippen molar-refractivity contribution in [1.29, 1.82) is 0 Å². The van der Waals surface area contributed by atoms with E-state index in [2.05, 4.69) is 5.32 Å². The van der Waals surface area contributed by atoms with Crippen LogP contribution in [0.5, 0.6) is 0 Å². The first-order valence-corrected chi connectivity index (χ1v) is 12.6. The topological polar surface area (TPSA) is 49.4 Å². The minimum Gasteiger partial charge on any atom is -0.350 e. The van der Waals surface area contributed by atoms with E-state index in [0.717, 1.165) is 21.6 Å². The molecule has 1 N–H and O–H groups in total. The number of benzene rings is 3. The quantitative estimate of drug-likeness (QED) is 0.408. The summed E-state index contributed by atoms with van der Waals surface area (Å²) in [7, 11) is 0. The Morgan fingerprint density at radius 1 is 0.882 bits per heavy atom. The van der Waals surface area contributed by atoms with Crippen LogP contribution in [0.1, 0.15) is 37.5 Å². The molecule has 3 aromatic rings. The normalized spacial score (nSPS) is 12.1. The Morgan fingerprint density at radius 2 is 1.47 bits per heavy atom. The molecular weight excluding hydrogens is 440 g/mol. The van der Waals surface area contributed by atoms with Gasteiger partial charge in [-0.1, -0.05) is 72.8 Å². The van der Waals surface area contributed by atoms with E-state index in [-0.39, 0.29) is 17.6 Å². The zero-order valence-corrected chi connectivity index (χ0v) is 21.3. The second-order valence-electron chi connectivity index (χ2n) is 9.49. The van der Waals surface area contributed by atoms with Crippen LogP contribution < -0.4 is 5.32 Å². The van der Waals surface area contributed by atoms with E-state index < -0.39 is 11.6 Å². The molecule has 3 rings (SSSR count). The maximum Gasteiger partial charge on any atom is 0.243 e. The van der Waals surface area contributed by atoms with Crippen molar-refractivity contribution >= 4 is 23.6 Å². The minimum absolute atomic E-state index is 0.0536. The second-order valence-corrected chi connectivity index (χ2v) is 10.5. The van der Waals surface area contributed by atoms with Crippen molar-refractivity contribution in [2.45, 2.75) is 57.1 Å². The van der Waals surface area contributed by atoms with Gasteiger partial charge in [0, 0.05) is 23.4 Å². The minimum atomic E-state index is -0.620. The number of carbonyl (C=O) groups is 2. The van der Waals surface area contributed by atoms with E-state index in [1.807, 2.05) is 113 Å². The first-order valence-electron chi connectivity index (χ1n) is 11.6. The third-order valence-corrected chi connectivity index (χ3v) is 6.47. The standard InChI is InChI=1S/C29H34N2O2S/c1-22-13-11-12-16-24(22)20-31(27(32)21-34-25-17-9-6-10-18-25)26(28(33)30-29(2,3)4)19-23-14-7-5-8-15-23/h5-18,26H,19-21H2,1-4H3,(H,30,33)/t26-/m1/s1. The molecule has 5 heteroatoms. The Morgan fingerprint density at radius 3 is 2.09 bits per heavy atom. The SMILES string of the molecule is Cc1ccccc1CN(C(=O)CSc1ccccc1)[C@H](Cc1ccccc1)C(=O)NC(C)(C)C. The van der Waals surface area contributed by atoms with Crippen molar-refractivity contribution in [1.82, 2.24) is 10.2 Å². The molecule has 0 unspecified atom stereocenters. The molecule has 0 saturated carbocycles. The van der Waals surface area contributed by atoms with Crippen molar-refractivity contribution in [2.75, 3.05) is 5.75 Å². The molecule has 3 aromatic carbocycles. The smallest absolute Gasteiger partial charge is 0.243 e. The highest BCUT2D eigenvalue weighted by Gasteiger charge is 2.32. The molecule has 0 fully saturated rings. The Balaban J connectivity index is 1.94. The monoisotopic (exact) mass is 474 g/mol. The number of carbonyl (C=O) groups excluding carboxylic acids is 2. The van der Waals surface area contributed by atoms with Crippen LogP contribution in [0.2, 0.25) is 0 Å². The van der Waals surface area contributed by atoms with Crippen LogP contribution in [0.25, 0.3) is 0 Å². The summed E-state index contributed by atoms with van der Waals surface area (Å²) >= 11 is 1.50. The molecule has 1 atom stereocenters. The lowest BCUT2D eigenvalue weighted by molar-refractivity contribution is -0.140. The highest BCUT2D eigenvalue weighted by atomic mass is 32.2. The van der Waals surface area contributed by atoms with Crippen LogP contribution in [0, 0.1) is 6.92 Å². The molecule has 34 heavy (non-hydrogen) atoms. The molecule has 0 aliphatic carbocycles. The van der Waals surface area contributed by atoms with Gasteiger partial charge in [-0.2, -0.15) is 0 Å². The highest BCUT2D eigenvalue weighted by molar-refractivity contribution is 8.00. The molecule has 0 saturated heterocycles. The van der Waals surface area contributed by atoms with Gasteiger partial charge in [0.25, 0.3) is 0 Å².